The van der Waals surface area contributed by atoms with Crippen molar-refractivity contribution in [1.82, 2.24) is 4.90 Å². The van der Waals surface area contributed by atoms with Crippen molar-refractivity contribution in [2.45, 2.75) is 26.4 Å². The first-order valence-electron chi connectivity index (χ1n) is 8.45. The first kappa shape index (κ1) is 19.0. The van der Waals surface area contributed by atoms with Gasteiger partial charge in [0.15, 0.2) is 0 Å². The Labute approximate surface area is 148 Å². The van der Waals surface area contributed by atoms with Crippen molar-refractivity contribution in [3.05, 3.63) is 42.0 Å². The maximum absolute atomic E-state index is 11.8. The van der Waals surface area contributed by atoms with Crippen LogP contribution in [-0.2, 0) is 20.9 Å². The number of hydrogen-bond donors (Lipinski definition) is 0. The number of benzene rings is 1. The number of carbonyl (C=O) groups excluding carboxylic acids is 2. The molecule has 2 amide bonds. The minimum Gasteiger partial charge on any atom is -0.497 e. The molecule has 0 aromatic heterocycles. The summed E-state index contributed by atoms with van der Waals surface area (Å²) in [5.74, 6) is 0.904. The summed E-state index contributed by atoms with van der Waals surface area (Å²) >= 11 is 0. The molecule has 0 bridgehead atoms. The maximum atomic E-state index is 11.8. The summed E-state index contributed by atoms with van der Waals surface area (Å²) in [7, 11) is 1.64. The fourth-order valence-electron chi connectivity index (χ4n) is 2.43. The first-order valence-corrected chi connectivity index (χ1v) is 8.45. The Bertz CT molecular complexity index is 596. The number of nitrogens with zero attached hydrogens (tertiary/aromatic N) is 1. The molecule has 25 heavy (non-hydrogen) atoms. The molecule has 0 unspecified atom stereocenters. The molecule has 1 aliphatic rings. The van der Waals surface area contributed by atoms with Crippen LogP contribution in [0.4, 0.5) is 4.79 Å². The number of hydrogen-bond acceptors (Lipinski definition) is 5. The molecule has 0 N–H and O–H groups in total. The lowest BCUT2D eigenvalue weighted by Crippen LogP contribution is -2.29. The van der Waals surface area contributed by atoms with Crippen LogP contribution in [0.15, 0.2) is 36.4 Å². The third-order valence-electron chi connectivity index (χ3n) is 3.94. The van der Waals surface area contributed by atoms with Crippen LogP contribution in [0.1, 0.15) is 25.3 Å². The van der Waals surface area contributed by atoms with Crippen LogP contribution in [0, 0.1) is 5.92 Å². The van der Waals surface area contributed by atoms with Gasteiger partial charge in [-0.1, -0.05) is 25.1 Å². The molecular formula is C19H25NO5. The topological polar surface area (TPSA) is 65.1 Å². The normalized spacial score (nSPS) is 15.4. The van der Waals surface area contributed by atoms with E-state index in [0.29, 0.717) is 25.7 Å². The van der Waals surface area contributed by atoms with E-state index in [4.69, 9.17) is 14.2 Å². The number of allylic oxidation sites excluding steroid dienone is 1. The summed E-state index contributed by atoms with van der Waals surface area (Å²) in [5.41, 5.74) is 1.11. The zero-order chi connectivity index (χ0) is 18.1. The Morgan fingerprint density at radius 3 is 2.76 bits per heavy atom. The highest BCUT2D eigenvalue weighted by molar-refractivity contribution is 5.99. The van der Waals surface area contributed by atoms with Crippen molar-refractivity contribution < 1.29 is 23.8 Å². The number of amides is 2. The summed E-state index contributed by atoms with van der Waals surface area (Å²) in [6, 6.07) is 7.81. The van der Waals surface area contributed by atoms with E-state index in [1.807, 2.05) is 24.3 Å². The molecule has 6 heteroatoms. The van der Waals surface area contributed by atoms with Crippen molar-refractivity contribution in [3.8, 4) is 5.75 Å². The van der Waals surface area contributed by atoms with Gasteiger partial charge in [0.1, 0.15) is 12.4 Å². The van der Waals surface area contributed by atoms with Gasteiger partial charge in [0.2, 0.25) is 0 Å². The molecule has 0 radical (unpaired) electrons. The first-order chi connectivity index (χ1) is 12.1. The Kier molecular flexibility index (Phi) is 7.47. The van der Waals surface area contributed by atoms with E-state index in [-0.39, 0.29) is 12.5 Å². The average molecular weight is 347 g/mol. The molecule has 0 aliphatic carbocycles. The number of methoxy groups -OCH3 is 1. The van der Waals surface area contributed by atoms with E-state index in [1.165, 1.54) is 6.08 Å². The Hall–Kier alpha value is -2.34. The highest BCUT2D eigenvalue weighted by Gasteiger charge is 2.26. The number of carbonyl (C=O) groups is 2. The Morgan fingerprint density at radius 2 is 2.12 bits per heavy atom. The van der Waals surface area contributed by atoms with E-state index < -0.39 is 6.09 Å². The summed E-state index contributed by atoms with van der Waals surface area (Å²) in [4.78, 5) is 24.1. The molecule has 2 rings (SSSR count). The van der Waals surface area contributed by atoms with Gasteiger partial charge in [-0.2, -0.15) is 0 Å². The molecule has 1 saturated heterocycles. The van der Waals surface area contributed by atoms with Gasteiger partial charge in [-0.15, -0.1) is 0 Å². The molecule has 1 atom stereocenters. The fraction of sp³-hybridized carbons (Fsp3) is 0.474. The van der Waals surface area contributed by atoms with Crippen LogP contribution in [-0.4, -0.2) is 43.8 Å². The summed E-state index contributed by atoms with van der Waals surface area (Å²) in [5, 5.41) is 0. The van der Waals surface area contributed by atoms with E-state index in [0.717, 1.165) is 29.1 Å². The second kappa shape index (κ2) is 9.84. The van der Waals surface area contributed by atoms with E-state index in [2.05, 4.69) is 6.92 Å². The molecule has 1 aromatic carbocycles. The van der Waals surface area contributed by atoms with Crippen molar-refractivity contribution in [2.75, 3.05) is 26.9 Å². The van der Waals surface area contributed by atoms with E-state index >= 15 is 0 Å². The van der Waals surface area contributed by atoms with Crippen LogP contribution < -0.4 is 4.74 Å². The molecule has 1 aliphatic heterocycles. The van der Waals surface area contributed by atoms with Crippen molar-refractivity contribution >= 4 is 12.0 Å². The number of rotatable bonds is 9. The molecule has 136 valence electrons. The molecule has 0 spiro atoms. The quantitative estimate of drug-likeness (QED) is 0.642. The molecule has 1 fully saturated rings. The fourth-order valence-corrected chi connectivity index (χ4v) is 2.43. The molecular weight excluding hydrogens is 322 g/mol. The number of cyclic esters (lactones) is 1. The van der Waals surface area contributed by atoms with Crippen molar-refractivity contribution in [1.29, 1.82) is 0 Å². The standard InChI is InChI=1S/C19H25NO5/c1-15(13-24-14-16-7-9-17(23-2)10-8-16)5-3-4-6-18(21)20-11-12-25-19(20)22/h4,6-10,15H,3,5,11-14H2,1-2H3/b6-4+/t15-/m0/s1. The predicted octanol–water partition coefficient (Wildman–Crippen LogP) is 3.16. The second-order valence-electron chi connectivity index (χ2n) is 6.05. The van der Waals surface area contributed by atoms with Crippen LogP contribution >= 0.6 is 0 Å². The Balaban J connectivity index is 1.60. The Morgan fingerprint density at radius 1 is 1.36 bits per heavy atom. The SMILES string of the molecule is COc1ccc(COC[C@@H](C)CC/C=C/C(=O)N2CCOC2=O)cc1. The van der Waals surface area contributed by atoms with Crippen LogP contribution in [0.2, 0.25) is 0 Å². The summed E-state index contributed by atoms with van der Waals surface area (Å²) in [6.45, 7) is 3.95. The molecule has 1 aromatic rings. The molecule has 6 nitrogen and oxygen atoms in total. The largest absolute Gasteiger partial charge is 0.497 e. The minimum atomic E-state index is -0.560. The third kappa shape index (κ3) is 6.23. The monoisotopic (exact) mass is 347 g/mol. The summed E-state index contributed by atoms with van der Waals surface area (Å²) in [6.07, 6.45) is 4.36. The van der Waals surface area contributed by atoms with Gasteiger partial charge in [-0.25, -0.2) is 9.69 Å². The van der Waals surface area contributed by atoms with Crippen LogP contribution in [0.5, 0.6) is 5.75 Å². The van der Waals surface area contributed by atoms with Crippen LogP contribution in [0.25, 0.3) is 0 Å². The van der Waals surface area contributed by atoms with Gasteiger partial charge in [-0.3, -0.25) is 4.79 Å². The van der Waals surface area contributed by atoms with Crippen molar-refractivity contribution in [2.24, 2.45) is 5.92 Å². The van der Waals surface area contributed by atoms with Gasteiger partial charge < -0.3 is 14.2 Å². The van der Waals surface area contributed by atoms with E-state index in [9.17, 15) is 9.59 Å². The lowest BCUT2D eigenvalue weighted by molar-refractivity contribution is -0.122. The minimum absolute atomic E-state index is 0.279. The second-order valence-corrected chi connectivity index (χ2v) is 6.05. The zero-order valence-electron chi connectivity index (χ0n) is 14.8. The van der Waals surface area contributed by atoms with Crippen molar-refractivity contribution in [3.63, 3.8) is 0 Å². The predicted molar refractivity (Wildman–Crippen MR) is 93.2 cm³/mol. The highest BCUT2D eigenvalue weighted by atomic mass is 16.6. The van der Waals surface area contributed by atoms with Gasteiger partial charge in [0.25, 0.3) is 5.91 Å². The van der Waals surface area contributed by atoms with Gasteiger partial charge in [0, 0.05) is 6.61 Å². The number of imide groups is 1. The van der Waals surface area contributed by atoms with Gasteiger partial charge in [0.05, 0.1) is 20.3 Å². The summed E-state index contributed by atoms with van der Waals surface area (Å²) < 4.78 is 15.6. The molecule has 0 saturated carbocycles. The smallest absolute Gasteiger partial charge is 0.416 e. The van der Waals surface area contributed by atoms with Gasteiger partial charge in [-0.05, 0) is 42.5 Å². The zero-order valence-corrected chi connectivity index (χ0v) is 14.8. The number of ether oxygens (including phenoxy) is 3. The molecule has 1 heterocycles. The lowest BCUT2D eigenvalue weighted by atomic mass is 10.1. The maximum Gasteiger partial charge on any atom is 0.416 e. The van der Waals surface area contributed by atoms with Crippen LogP contribution in [0.3, 0.4) is 0 Å². The van der Waals surface area contributed by atoms with Gasteiger partial charge >= 0.3 is 6.09 Å². The lowest BCUT2D eigenvalue weighted by Gasteiger charge is -2.11. The average Bonchev–Trinajstić information content (AvgIpc) is 3.05. The highest BCUT2D eigenvalue weighted by Crippen LogP contribution is 2.13. The van der Waals surface area contributed by atoms with E-state index in [1.54, 1.807) is 13.2 Å². The third-order valence-corrected chi connectivity index (χ3v) is 3.94.